The van der Waals surface area contributed by atoms with Crippen LogP contribution in [0.4, 0.5) is 0 Å². The zero-order valence-electron chi connectivity index (χ0n) is 29.9. The SMILES string of the molecule is Oc1c(I)c(O)c(I)c(-c2c3ccccc3c(-c3cc4c(c5oc6ccccc6c35)-c3ccccc3C43c4ccccc4-c4ccccc43)c3ccccc23)c1I. The highest BCUT2D eigenvalue weighted by molar-refractivity contribution is 14.1. The minimum Gasteiger partial charge on any atom is -0.506 e. The minimum atomic E-state index is -0.560. The molecule has 2 aliphatic carbocycles. The van der Waals surface area contributed by atoms with Crippen molar-refractivity contribution in [3.05, 3.63) is 185 Å². The second-order valence-corrected chi connectivity index (χ2v) is 18.1. The molecule has 0 bridgehead atoms. The van der Waals surface area contributed by atoms with Gasteiger partial charge in [0.05, 0.1) is 16.1 Å². The van der Waals surface area contributed by atoms with E-state index in [1.165, 1.54) is 38.9 Å². The molecule has 0 radical (unpaired) electrons. The van der Waals surface area contributed by atoms with E-state index in [4.69, 9.17) is 4.42 Å². The fraction of sp³-hybridized carbons (Fsp3) is 0.0196. The molecule has 9 aromatic carbocycles. The summed E-state index contributed by atoms with van der Waals surface area (Å²) in [5, 5.41) is 29.1. The zero-order chi connectivity index (χ0) is 38.3. The maximum Gasteiger partial charge on any atom is 0.146 e. The van der Waals surface area contributed by atoms with Gasteiger partial charge in [0.2, 0.25) is 0 Å². The van der Waals surface area contributed by atoms with E-state index < -0.39 is 5.41 Å². The number of para-hydroxylation sites is 1. The highest BCUT2D eigenvalue weighted by Crippen LogP contribution is 2.65. The lowest BCUT2D eigenvalue weighted by molar-refractivity contribution is 0.439. The molecule has 270 valence electrons. The van der Waals surface area contributed by atoms with Crippen LogP contribution in [0.25, 0.3) is 88.0 Å². The Morgan fingerprint density at radius 1 is 0.386 bits per heavy atom. The summed E-state index contributed by atoms with van der Waals surface area (Å²) in [5.41, 5.74) is 15.1. The summed E-state index contributed by atoms with van der Waals surface area (Å²) in [4.78, 5) is 0. The number of benzene rings is 9. The fourth-order valence-corrected chi connectivity index (χ4v) is 13.9. The van der Waals surface area contributed by atoms with E-state index in [0.717, 1.165) is 71.3 Å². The normalized spacial score (nSPS) is 13.5. The molecule has 6 heteroatoms. The van der Waals surface area contributed by atoms with Crippen molar-refractivity contribution in [3.8, 4) is 56.0 Å². The summed E-state index contributed by atoms with van der Waals surface area (Å²) in [6, 6.07) is 54.9. The maximum absolute atomic E-state index is 11.3. The van der Waals surface area contributed by atoms with Gasteiger partial charge in [-0.25, -0.2) is 0 Å². The van der Waals surface area contributed by atoms with Crippen molar-refractivity contribution in [1.82, 2.24) is 0 Å². The van der Waals surface area contributed by atoms with Gasteiger partial charge in [0.25, 0.3) is 0 Å². The minimum absolute atomic E-state index is 0.0912. The molecule has 1 aromatic heterocycles. The van der Waals surface area contributed by atoms with E-state index in [1.807, 2.05) is 22.6 Å². The van der Waals surface area contributed by atoms with E-state index in [1.54, 1.807) is 0 Å². The Morgan fingerprint density at radius 2 is 0.825 bits per heavy atom. The van der Waals surface area contributed by atoms with Crippen LogP contribution < -0.4 is 0 Å². The summed E-state index contributed by atoms with van der Waals surface area (Å²) in [5.74, 6) is 0.182. The van der Waals surface area contributed by atoms with Gasteiger partial charge >= 0.3 is 0 Å². The predicted octanol–water partition coefficient (Wildman–Crippen LogP) is 14.8. The van der Waals surface area contributed by atoms with Crippen LogP contribution in [-0.4, -0.2) is 10.2 Å². The Labute approximate surface area is 368 Å². The molecule has 1 spiro atoms. The Balaban J connectivity index is 1.31. The van der Waals surface area contributed by atoms with Crippen molar-refractivity contribution in [3.63, 3.8) is 0 Å². The van der Waals surface area contributed by atoms with E-state index in [0.29, 0.717) is 10.7 Å². The van der Waals surface area contributed by atoms with Crippen molar-refractivity contribution >= 4 is 111 Å². The molecule has 2 N–H and O–H groups in total. The van der Waals surface area contributed by atoms with Crippen LogP contribution in [0.1, 0.15) is 22.3 Å². The Kier molecular flexibility index (Phi) is 7.37. The Morgan fingerprint density at radius 3 is 1.39 bits per heavy atom. The highest BCUT2D eigenvalue weighted by atomic mass is 127. The molecule has 0 saturated heterocycles. The van der Waals surface area contributed by atoms with Crippen molar-refractivity contribution in [1.29, 1.82) is 0 Å². The number of hydrogen-bond acceptors (Lipinski definition) is 3. The second kappa shape index (κ2) is 12.3. The van der Waals surface area contributed by atoms with E-state index in [2.05, 4.69) is 197 Å². The average molecular weight is 1070 g/mol. The lowest BCUT2D eigenvalue weighted by Crippen LogP contribution is -2.25. The van der Waals surface area contributed by atoms with E-state index in [9.17, 15) is 10.2 Å². The smallest absolute Gasteiger partial charge is 0.146 e. The van der Waals surface area contributed by atoms with Crippen LogP contribution in [0.3, 0.4) is 0 Å². The molecule has 0 amide bonds. The standard InChI is InChI=1S/C51H27I3O3/c52-45-44(46(53)49(56)47(54)48(45)55)41-30-17-3-1-15-28(30)40(29-16-2-4-18-31(29)41)34-25-38-43(50-42(34)33-20-8-12-24-39(33)57-50)32-19-7-11-23-37(32)51(38)35-21-9-5-13-26(35)27-14-6-10-22-36(27)51/h1-25,55-56H. The van der Waals surface area contributed by atoms with Crippen LogP contribution in [0.5, 0.6) is 11.5 Å². The first-order valence-electron chi connectivity index (χ1n) is 18.7. The zero-order valence-corrected chi connectivity index (χ0v) is 36.3. The number of furan rings is 1. The molecule has 0 fully saturated rings. The molecule has 1 heterocycles. The summed E-state index contributed by atoms with van der Waals surface area (Å²) in [6.45, 7) is 0. The average Bonchev–Trinajstić information content (AvgIpc) is 3.89. The third-order valence-corrected chi connectivity index (χ3v) is 15.5. The lowest BCUT2D eigenvalue weighted by atomic mass is 9.70. The Bertz CT molecular complexity index is 3300. The number of rotatable bonds is 2. The first-order valence-corrected chi connectivity index (χ1v) is 22.0. The molecule has 10 aromatic rings. The summed E-state index contributed by atoms with van der Waals surface area (Å²) in [6.07, 6.45) is 0. The van der Waals surface area contributed by atoms with Gasteiger partial charge in [-0.15, -0.1) is 0 Å². The van der Waals surface area contributed by atoms with Gasteiger partial charge in [0, 0.05) is 21.9 Å². The monoisotopic (exact) mass is 1070 g/mol. The predicted molar refractivity (Wildman–Crippen MR) is 257 cm³/mol. The van der Waals surface area contributed by atoms with Crippen molar-refractivity contribution < 1.29 is 14.6 Å². The molecule has 12 rings (SSSR count). The summed E-state index contributed by atoms with van der Waals surface area (Å²) in [7, 11) is 0. The molecule has 0 saturated carbocycles. The van der Waals surface area contributed by atoms with E-state index >= 15 is 0 Å². The molecule has 3 nitrogen and oxygen atoms in total. The fourth-order valence-electron chi connectivity index (χ4n) is 10.2. The van der Waals surface area contributed by atoms with Crippen molar-refractivity contribution in [2.75, 3.05) is 0 Å². The van der Waals surface area contributed by atoms with Crippen LogP contribution >= 0.6 is 67.8 Å². The molecule has 0 atom stereocenters. The molecule has 0 unspecified atom stereocenters. The van der Waals surface area contributed by atoms with Crippen molar-refractivity contribution in [2.24, 2.45) is 0 Å². The number of hydrogen-bond donors (Lipinski definition) is 2. The first kappa shape index (κ1) is 34.2. The van der Waals surface area contributed by atoms with E-state index in [-0.39, 0.29) is 11.5 Å². The number of halogens is 3. The number of aromatic hydroxyl groups is 2. The van der Waals surface area contributed by atoms with Gasteiger partial charge in [-0.05, 0) is 157 Å². The van der Waals surface area contributed by atoms with Gasteiger partial charge in [-0.3, -0.25) is 0 Å². The number of fused-ring (bicyclic) bond motifs is 16. The van der Waals surface area contributed by atoms with Crippen LogP contribution in [0.2, 0.25) is 0 Å². The van der Waals surface area contributed by atoms with Crippen molar-refractivity contribution in [2.45, 2.75) is 5.41 Å². The Hall–Kier alpha value is -4.91. The van der Waals surface area contributed by atoms with Gasteiger partial charge in [-0.1, -0.05) is 140 Å². The molecular formula is C51H27I3O3. The summed E-state index contributed by atoms with van der Waals surface area (Å²) >= 11 is 6.50. The molecular weight excluding hydrogens is 1040 g/mol. The quantitative estimate of drug-likeness (QED) is 0.134. The van der Waals surface area contributed by atoms with Gasteiger partial charge in [0.15, 0.2) is 0 Å². The van der Waals surface area contributed by atoms with Gasteiger partial charge < -0.3 is 14.6 Å². The van der Waals surface area contributed by atoms with Crippen LogP contribution in [-0.2, 0) is 5.41 Å². The number of phenolic OH excluding ortho intramolecular Hbond substituents is 2. The van der Waals surface area contributed by atoms with Crippen LogP contribution in [0, 0.1) is 10.7 Å². The molecule has 0 aliphatic heterocycles. The molecule has 57 heavy (non-hydrogen) atoms. The highest BCUT2D eigenvalue weighted by Gasteiger charge is 2.52. The van der Waals surface area contributed by atoms with Gasteiger partial charge in [-0.2, -0.15) is 0 Å². The van der Waals surface area contributed by atoms with Gasteiger partial charge in [0.1, 0.15) is 22.7 Å². The van der Waals surface area contributed by atoms with Crippen LogP contribution in [0.15, 0.2) is 156 Å². The lowest BCUT2D eigenvalue weighted by Gasteiger charge is -2.31. The maximum atomic E-state index is 11.3. The third kappa shape index (κ3) is 4.31. The molecule has 2 aliphatic rings. The topological polar surface area (TPSA) is 53.6 Å². The second-order valence-electron chi connectivity index (χ2n) is 14.9. The third-order valence-electron chi connectivity index (χ3n) is 12.3. The summed E-state index contributed by atoms with van der Waals surface area (Å²) < 4.78 is 8.99. The largest absolute Gasteiger partial charge is 0.506 e. The number of phenols is 2. The first-order chi connectivity index (χ1) is 27.9.